The summed E-state index contributed by atoms with van der Waals surface area (Å²) in [6, 6.07) is 4.24. The number of amides is 2. The predicted octanol–water partition coefficient (Wildman–Crippen LogP) is 4.20. The Morgan fingerprint density at radius 1 is 1.26 bits per heavy atom. The highest BCUT2D eigenvalue weighted by molar-refractivity contribution is 9.10. The van der Waals surface area contributed by atoms with Gasteiger partial charge in [0.15, 0.2) is 5.11 Å². The third-order valence-electron chi connectivity index (χ3n) is 5.58. The van der Waals surface area contributed by atoms with Gasteiger partial charge in [0.1, 0.15) is 11.8 Å². The number of nitrogens with one attached hydrogen (secondary N) is 2. The zero-order chi connectivity index (χ0) is 25.8. The van der Waals surface area contributed by atoms with Gasteiger partial charge in [-0.05, 0) is 65.1 Å². The molecule has 0 spiro atoms. The number of hydrogen-bond acceptors (Lipinski definition) is 6. The molecule has 1 saturated heterocycles. The lowest BCUT2D eigenvalue weighted by molar-refractivity contribution is -0.147. The number of thiocarbonyl (C=S) groups is 1. The zero-order valence-electron chi connectivity index (χ0n) is 20.7. The molecule has 0 aliphatic carbocycles. The van der Waals surface area contributed by atoms with E-state index in [4.69, 9.17) is 21.7 Å². The van der Waals surface area contributed by atoms with Gasteiger partial charge < -0.3 is 19.7 Å². The van der Waals surface area contributed by atoms with Crippen molar-refractivity contribution in [3.05, 3.63) is 28.2 Å². The molecule has 0 bridgehead atoms. The Hall–Kier alpha value is -2.20. The van der Waals surface area contributed by atoms with E-state index in [-0.39, 0.29) is 17.4 Å². The number of benzene rings is 1. The van der Waals surface area contributed by atoms with Crippen molar-refractivity contribution in [2.45, 2.75) is 65.3 Å². The van der Waals surface area contributed by atoms with Crippen molar-refractivity contribution in [2.75, 3.05) is 26.3 Å². The topological polar surface area (TPSA) is 97.0 Å². The van der Waals surface area contributed by atoms with E-state index >= 15 is 0 Å². The van der Waals surface area contributed by atoms with Crippen LogP contribution in [0.25, 0.3) is 0 Å². The summed E-state index contributed by atoms with van der Waals surface area (Å²) in [6.07, 6.45) is 5.06. The minimum atomic E-state index is -0.835. The SMILES string of the molecule is CCCCCCOc1ccc(C(=O)NC(=S)N2CCNC(=O)C2CC(=O)OCCC(C)C)cc1Br. The molecule has 35 heavy (non-hydrogen) atoms. The molecule has 1 atom stereocenters. The van der Waals surface area contributed by atoms with Gasteiger partial charge in [0.05, 0.1) is 24.1 Å². The number of ether oxygens (including phenoxy) is 2. The molecular weight excluding hydrogens is 534 g/mol. The number of piperazine rings is 1. The van der Waals surface area contributed by atoms with Crippen LogP contribution in [0.15, 0.2) is 22.7 Å². The summed E-state index contributed by atoms with van der Waals surface area (Å²) in [5, 5.41) is 5.52. The molecular formula is C25H36BrN3O5S. The highest BCUT2D eigenvalue weighted by Crippen LogP contribution is 2.26. The molecule has 0 radical (unpaired) electrons. The van der Waals surface area contributed by atoms with Gasteiger partial charge in [-0.25, -0.2) is 0 Å². The molecule has 194 valence electrons. The van der Waals surface area contributed by atoms with Gasteiger partial charge in [-0.2, -0.15) is 0 Å². The fourth-order valence-corrected chi connectivity index (χ4v) is 4.30. The van der Waals surface area contributed by atoms with Gasteiger partial charge in [0.2, 0.25) is 5.91 Å². The van der Waals surface area contributed by atoms with Crippen LogP contribution < -0.4 is 15.4 Å². The summed E-state index contributed by atoms with van der Waals surface area (Å²) in [7, 11) is 0. The van der Waals surface area contributed by atoms with Crippen LogP contribution in [0.5, 0.6) is 5.75 Å². The number of hydrogen-bond donors (Lipinski definition) is 2. The van der Waals surface area contributed by atoms with E-state index in [0.29, 0.717) is 48.0 Å². The summed E-state index contributed by atoms with van der Waals surface area (Å²) in [4.78, 5) is 39.1. The minimum Gasteiger partial charge on any atom is -0.492 e. The van der Waals surface area contributed by atoms with E-state index in [1.807, 2.05) is 13.8 Å². The van der Waals surface area contributed by atoms with Gasteiger partial charge in [-0.15, -0.1) is 0 Å². The number of unbranched alkanes of at least 4 members (excludes halogenated alkanes) is 3. The molecule has 8 nitrogen and oxygen atoms in total. The second kappa shape index (κ2) is 15.0. The zero-order valence-corrected chi connectivity index (χ0v) is 23.1. The molecule has 1 aromatic rings. The Morgan fingerprint density at radius 2 is 2.03 bits per heavy atom. The van der Waals surface area contributed by atoms with E-state index in [1.165, 1.54) is 12.8 Å². The largest absolute Gasteiger partial charge is 0.492 e. The summed E-state index contributed by atoms with van der Waals surface area (Å²) >= 11 is 8.89. The van der Waals surface area contributed by atoms with E-state index in [9.17, 15) is 14.4 Å². The van der Waals surface area contributed by atoms with Crippen molar-refractivity contribution in [1.29, 1.82) is 0 Å². The molecule has 0 aromatic heterocycles. The van der Waals surface area contributed by atoms with Gasteiger partial charge in [0.25, 0.3) is 5.91 Å². The number of rotatable bonds is 12. The smallest absolute Gasteiger partial charge is 0.308 e. The first-order valence-electron chi connectivity index (χ1n) is 12.2. The van der Waals surface area contributed by atoms with Crippen LogP contribution in [0.2, 0.25) is 0 Å². The monoisotopic (exact) mass is 569 g/mol. The average molecular weight is 571 g/mol. The maximum absolute atomic E-state index is 12.8. The molecule has 1 fully saturated rings. The standard InChI is InChI=1S/C25H36BrN3O5S/c1-4-5-6-7-13-33-21-9-8-18(15-19(21)26)23(31)28-25(35)29-12-11-27-24(32)20(29)16-22(30)34-14-10-17(2)3/h8-9,15,17,20H,4-7,10-14,16H2,1-3H3,(H,27,32)(H,28,31,35). The predicted molar refractivity (Wildman–Crippen MR) is 142 cm³/mol. The summed E-state index contributed by atoms with van der Waals surface area (Å²) in [5.41, 5.74) is 0.392. The van der Waals surface area contributed by atoms with Crippen LogP contribution in [0, 0.1) is 5.92 Å². The third kappa shape index (κ3) is 9.76. The van der Waals surface area contributed by atoms with Gasteiger partial charge in [-0.3, -0.25) is 19.7 Å². The van der Waals surface area contributed by atoms with Crippen LogP contribution in [0.3, 0.4) is 0 Å². The van der Waals surface area contributed by atoms with Crippen LogP contribution in [-0.2, 0) is 14.3 Å². The van der Waals surface area contributed by atoms with Gasteiger partial charge in [0, 0.05) is 18.7 Å². The molecule has 2 N–H and O–H groups in total. The Bertz CT molecular complexity index is 896. The quantitative estimate of drug-likeness (QED) is 0.221. The van der Waals surface area contributed by atoms with Gasteiger partial charge >= 0.3 is 5.97 Å². The lowest BCUT2D eigenvalue weighted by Gasteiger charge is -2.36. The second-order valence-electron chi connectivity index (χ2n) is 8.92. The fourth-order valence-electron chi connectivity index (χ4n) is 3.50. The maximum Gasteiger partial charge on any atom is 0.308 e. The molecule has 2 rings (SSSR count). The number of carbonyl (C=O) groups excluding carboxylic acids is 3. The molecule has 1 heterocycles. The molecule has 1 aromatic carbocycles. The van der Waals surface area contributed by atoms with Crippen molar-refractivity contribution in [2.24, 2.45) is 5.92 Å². The van der Waals surface area contributed by atoms with E-state index in [2.05, 4.69) is 33.5 Å². The van der Waals surface area contributed by atoms with Crippen LogP contribution in [-0.4, -0.2) is 60.1 Å². The molecule has 1 unspecified atom stereocenters. The first-order valence-corrected chi connectivity index (χ1v) is 13.4. The average Bonchev–Trinajstić information content (AvgIpc) is 2.80. The Balaban J connectivity index is 1.95. The summed E-state index contributed by atoms with van der Waals surface area (Å²) in [6.45, 7) is 7.91. The van der Waals surface area contributed by atoms with Gasteiger partial charge in [-0.1, -0.05) is 40.0 Å². The Labute approximate surface area is 221 Å². The Morgan fingerprint density at radius 3 is 2.71 bits per heavy atom. The van der Waals surface area contributed by atoms with Crippen molar-refractivity contribution in [3.63, 3.8) is 0 Å². The maximum atomic E-state index is 12.8. The number of esters is 1. The summed E-state index contributed by atoms with van der Waals surface area (Å²) < 4.78 is 11.7. The van der Waals surface area contributed by atoms with E-state index in [0.717, 1.165) is 19.3 Å². The van der Waals surface area contributed by atoms with Crippen LogP contribution in [0.4, 0.5) is 0 Å². The van der Waals surface area contributed by atoms with Crippen LogP contribution in [0.1, 0.15) is 69.7 Å². The lowest BCUT2D eigenvalue weighted by atomic mass is 10.1. The minimum absolute atomic E-state index is 0.0946. The normalized spacial score (nSPS) is 15.5. The highest BCUT2D eigenvalue weighted by atomic mass is 79.9. The number of halogens is 1. The molecule has 10 heteroatoms. The van der Waals surface area contributed by atoms with Crippen molar-refractivity contribution in [3.8, 4) is 5.75 Å². The lowest BCUT2D eigenvalue weighted by Crippen LogP contribution is -2.60. The molecule has 1 aliphatic rings. The second-order valence-corrected chi connectivity index (χ2v) is 10.2. The molecule has 2 amide bonds. The first kappa shape index (κ1) is 29.0. The highest BCUT2D eigenvalue weighted by Gasteiger charge is 2.34. The summed E-state index contributed by atoms with van der Waals surface area (Å²) in [5.74, 6) is -0.122. The van der Waals surface area contributed by atoms with Crippen molar-refractivity contribution in [1.82, 2.24) is 15.5 Å². The third-order valence-corrected chi connectivity index (χ3v) is 6.54. The molecule has 0 saturated carbocycles. The first-order chi connectivity index (χ1) is 16.7. The number of nitrogens with zero attached hydrogens (tertiary/aromatic N) is 1. The van der Waals surface area contributed by atoms with Crippen LogP contribution >= 0.6 is 28.1 Å². The number of carbonyl (C=O) groups is 3. The Kier molecular flexibility index (Phi) is 12.5. The van der Waals surface area contributed by atoms with E-state index < -0.39 is 17.9 Å². The fraction of sp³-hybridized carbons (Fsp3) is 0.600. The molecule has 1 aliphatic heterocycles. The van der Waals surface area contributed by atoms with Crippen molar-refractivity contribution >= 4 is 51.0 Å². The van der Waals surface area contributed by atoms with E-state index in [1.54, 1.807) is 23.1 Å². The van der Waals surface area contributed by atoms with Crippen molar-refractivity contribution < 1.29 is 23.9 Å².